The summed E-state index contributed by atoms with van der Waals surface area (Å²) in [5.74, 6) is -0.252. The first-order valence-electron chi connectivity index (χ1n) is 5.18. The fourth-order valence-corrected chi connectivity index (χ4v) is 2.28. The zero-order valence-electron chi connectivity index (χ0n) is 9.58. The molecule has 0 spiro atoms. The fraction of sp³-hybridized carbons (Fsp3) is 0.0833. The van der Waals surface area contributed by atoms with Gasteiger partial charge in [0.15, 0.2) is 0 Å². The average Bonchev–Trinajstić information content (AvgIpc) is 2.32. The second-order valence-corrected chi connectivity index (χ2v) is 5.26. The monoisotopic (exact) mass is 265 g/mol. The minimum absolute atomic E-state index is 0.0105. The molecule has 94 valence electrons. The Morgan fingerprint density at radius 2 is 1.78 bits per heavy atom. The summed E-state index contributed by atoms with van der Waals surface area (Å²) < 4.78 is 28.6. The second kappa shape index (κ2) is 4.66. The summed E-state index contributed by atoms with van der Waals surface area (Å²) in [4.78, 5) is 13.7. The van der Waals surface area contributed by atoms with E-state index in [0.29, 0.717) is 0 Å². The van der Waals surface area contributed by atoms with Gasteiger partial charge >= 0.3 is 10.1 Å². The summed E-state index contributed by atoms with van der Waals surface area (Å²) in [6.45, 7) is 1.85. The van der Waals surface area contributed by atoms with Crippen LogP contribution in [0.3, 0.4) is 0 Å². The number of rotatable bonds is 3. The molecule has 0 fully saturated rings. The molecule has 1 aromatic heterocycles. The third kappa shape index (κ3) is 2.60. The first kappa shape index (κ1) is 12.4. The van der Waals surface area contributed by atoms with E-state index in [1.807, 2.05) is 6.92 Å². The molecular weight excluding hydrogens is 254 g/mol. The van der Waals surface area contributed by atoms with Crippen molar-refractivity contribution in [3.8, 4) is 5.75 Å². The largest absolute Gasteiger partial charge is 0.373 e. The van der Waals surface area contributed by atoms with Crippen LogP contribution in [0.2, 0.25) is 0 Å². The van der Waals surface area contributed by atoms with Crippen molar-refractivity contribution in [1.82, 2.24) is 4.98 Å². The summed E-state index contributed by atoms with van der Waals surface area (Å²) in [6, 6.07) is 8.96. The van der Waals surface area contributed by atoms with Crippen molar-refractivity contribution in [2.24, 2.45) is 0 Å². The summed E-state index contributed by atoms with van der Waals surface area (Å²) in [5.41, 5.74) is 0.347. The Morgan fingerprint density at radius 1 is 1.11 bits per heavy atom. The lowest BCUT2D eigenvalue weighted by Gasteiger charge is -2.05. The van der Waals surface area contributed by atoms with Gasteiger partial charge in [-0.1, -0.05) is 17.7 Å². The number of H-pyrrole nitrogens is 1. The van der Waals surface area contributed by atoms with Crippen molar-refractivity contribution >= 4 is 10.1 Å². The van der Waals surface area contributed by atoms with Crippen LogP contribution in [-0.4, -0.2) is 13.4 Å². The van der Waals surface area contributed by atoms with Crippen LogP contribution in [0.25, 0.3) is 0 Å². The highest BCUT2D eigenvalue weighted by Crippen LogP contribution is 2.15. The van der Waals surface area contributed by atoms with Gasteiger partial charge in [0.25, 0.3) is 5.56 Å². The molecule has 18 heavy (non-hydrogen) atoms. The molecule has 0 atom stereocenters. The van der Waals surface area contributed by atoms with Crippen LogP contribution in [0.4, 0.5) is 0 Å². The Hall–Kier alpha value is -2.08. The van der Waals surface area contributed by atoms with Crippen molar-refractivity contribution in [3.05, 3.63) is 58.5 Å². The maximum atomic E-state index is 11.9. The summed E-state index contributed by atoms with van der Waals surface area (Å²) in [5, 5.41) is 0. The lowest BCUT2D eigenvalue weighted by molar-refractivity contribution is 0.482. The number of pyridine rings is 1. The molecule has 0 aliphatic rings. The van der Waals surface area contributed by atoms with Crippen molar-refractivity contribution < 1.29 is 12.6 Å². The van der Waals surface area contributed by atoms with Gasteiger partial charge in [0.1, 0.15) is 4.90 Å². The predicted octanol–water partition coefficient (Wildman–Crippen LogP) is 1.45. The summed E-state index contributed by atoms with van der Waals surface area (Å²) >= 11 is 0. The molecule has 0 radical (unpaired) electrons. The molecule has 0 saturated heterocycles. The number of hydrogen-bond acceptors (Lipinski definition) is 4. The van der Waals surface area contributed by atoms with E-state index in [1.165, 1.54) is 30.5 Å². The highest BCUT2D eigenvalue weighted by atomic mass is 32.2. The second-order valence-electron chi connectivity index (χ2n) is 3.71. The van der Waals surface area contributed by atoms with Gasteiger partial charge in [-0.05, 0) is 31.2 Å². The molecule has 1 N–H and O–H groups in total. The Balaban J connectivity index is 2.36. The standard InChI is InChI=1S/C12H11NO4S/c1-9-4-6-10(7-5-9)18(15,16)17-11-3-2-8-13-12(11)14/h2-8H,1H3,(H,13,14). The molecule has 0 unspecified atom stereocenters. The zero-order chi connectivity index (χ0) is 13.2. The average molecular weight is 265 g/mol. The van der Waals surface area contributed by atoms with Gasteiger partial charge in [0.2, 0.25) is 5.75 Å². The van der Waals surface area contributed by atoms with Crippen molar-refractivity contribution in [3.63, 3.8) is 0 Å². The quantitative estimate of drug-likeness (QED) is 0.852. The van der Waals surface area contributed by atoms with E-state index in [-0.39, 0.29) is 10.6 Å². The van der Waals surface area contributed by atoms with Crippen LogP contribution in [0.5, 0.6) is 5.75 Å². The molecule has 0 aliphatic heterocycles. The first-order valence-corrected chi connectivity index (χ1v) is 6.59. The number of aryl methyl sites for hydroxylation is 1. The molecule has 6 heteroatoms. The minimum Gasteiger partial charge on any atom is -0.373 e. The maximum Gasteiger partial charge on any atom is 0.339 e. The molecule has 0 bridgehead atoms. The van der Waals surface area contributed by atoms with Gasteiger partial charge < -0.3 is 9.17 Å². The van der Waals surface area contributed by atoms with Gasteiger partial charge in [-0.3, -0.25) is 4.79 Å². The summed E-state index contributed by atoms with van der Waals surface area (Å²) in [7, 11) is -3.97. The van der Waals surface area contributed by atoms with Gasteiger partial charge in [-0.2, -0.15) is 8.42 Å². The fourth-order valence-electron chi connectivity index (χ4n) is 1.34. The van der Waals surface area contributed by atoms with E-state index >= 15 is 0 Å². The van der Waals surface area contributed by atoms with Crippen LogP contribution in [0.15, 0.2) is 52.3 Å². The Kier molecular flexibility index (Phi) is 3.20. The zero-order valence-corrected chi connectivity index (χ0v) is 10.4. The Morgan fingerprint density at radius 3 is 2.39 bits per heavy atom. The van der Waals surface area contributed by atoms with E-state index in [9.17, 15) is 13.2 Å². The SMILES string of the molecule is Cc1ccc(S(=O)(=O)Oc2ccc[nH]c2=O)cc1. The van der Waals surface area contributed by atoms with Crippen LogP contribution in [-0.2, 0) is 10.1 Å². The predicted molar refractivity (Wildman–Crippen MR) is 66.1 cm³/mol. The van der Waals surface area contributed by atoms with Crippen molar-refractivity contribution in [2.75, 3.05) is 0 Å². The molecule has 2 rings (SSSR count). The van der Waals surface area contributed by atoms with Crippen LogP contribution in [0.1, 0.15) is 5.56 Å². The molecule has 2 aromatic rings. The lowest BCUT2D eigenvalue weighted by atomic mass is 10.2. The summed E-state index contributed by atoms with van der Waals surface area (Å²) in [6.07, 6.45) is 1.40. The molecule has 1 aromatic carbocycles. The van der Waals surface area contributed by atoms with Crippen LogP contribution < -0.4 is 9.74 Å². The highest BCUT2D eigenvalue weighted by Gasteiger charge is 2.17. The van der Waals surface area contributed by atoms with Crippen LogP contribution >= 0.6 is 0 Å². The van der Waals surface area contributed by atoms with Gasteiger partial charge in [0.05, 0.1) is 0 Å². The maximum absolute atomic E-state index is 11.9. The van der Waals surface area contributed by atoms with Crippen molar-refractivity contribution in [2.45, 2.75) is 11.8 Å². The van der Waals surface area contributed by atoms with Gasteiger partial charge in [-0.25, -0.2) is 0 Å². The smallest absolute Gasteiger partial charge is 0.339 e. The van der Waals surface area contributed by atoms with Gasteiger partial charge in [0, 0.05) is 6.20 Å². The topological polar surface area (TPSA) is 76.2 Å². The molecule has 0 aliphatic carbocycles. The third-order valence-electron chi connectivity index (χ3n) is 2.29. The number of nitrogens with one attached hydrogen (secondary N) is 1. The number of aromatic nitrogens is 1. The third-order valence-corrected chi connectivity index (χ3v) is 3.54. The first-order chi connectivity index (χ1) is 8.49. The Labute approximate surface area is 104 Å². The Bertz CT molecular complexity index is 701. The molecule has 1 heterocycles. The number of hydrogen-bond donors (Lipinski definition) is 1. The van der Waals surface area contributed by atoms with Crippen LogP contribution in [0, 0.1) is 6.92 Å². The molecule has 0 saturated carbocycles. The van der Waals surface area contributed by atoms with Crippen molar-refractivity contribution in [1.29, 1.82) is 0 Å². The van der Waals surface area contributed by atoms with E-state index < -0.39 is 15.7 Å². The van der Waals surface area contributed by atoms with E-state index in [4.69, 9.17) is 4.18 Å². The molecule has 5 nitrogen and oxygen atoms in total. The normalized spacial score (nSPS) is 11.2. The van der Waals surface area contributed by atoms with E-state index in [0.717, 1.165) is 5.56 Å². The van der Waals surface area contributed by atoms with Gasteiger partial charge in [-0.15, -0.1) is 0 Å². The highest BCUT2D eigenvalue weighted by molar-refractivity contribution is 7.87. The molecular formula is C12H11NO4S. The number of aromatic amines is 1. The lowest BCUT2D eigenvalue weighted by Crippen LogP contribution is -2.16. The van der Waals surface area contributed by atoms with E-state index in [2.05, 4.69) is 4.98 Å². The van der Waals surface area contributed by atoms with E-state index in [1.54, 1.807) is 12.1 Å². The minimum atomic E-state index is -3.97. The number of benzene rings is 1. The molecule has 0 amide bonds.